The Bertz CT molecular complexity index is 560. The van der Waals surface area contributed by atoms with E-state index in [-0.39, 0.29) is 11.9 Å². The fourth-order valence-electron chi connectivity index (χ4n) is 5.81. The van der Waals surface area contributed by atoms with Gasteiger partial charge in [0.25, 0.3) is 0 Å². The number of carboxylic acid groups (broad SMARTS) is 1. The van der Waals surface area contributed by atoms with Gasteiger partial charge in [-0.05, 0) is 25.7 Å². The van der Waals surface area contributed by atoms with Crippen LogP contribution in [0.3, 0.4) is 0 Å². The van der Waals surface area contributed by atoms with Gasteiger partial charge in [0.2, 0.25) is 0 Å². The fraction of sp³-hybridized carbons (Fsp3) is 0.950. The van der Waals surface area contributed by atoms with E-state index in [1.54, 1.807) is 0 Å². The van der Waals surface area contributed by atoms with Crippen LogP contribution in [0, 0.1) is 5.92 Å². The predicted molar refractivity (Wildman–Crippen MR) is 193 cm³/mol. The Labute approximate surface area is 276 Å². The zero-order valence-corrected chi connectivity index (χ0v) is 30.6. The van der Waals surface area contributed by atoms with Crippen LogP contribution in [-0.2, 0) is 14.3 Å². The smallest absolute Gasteiger partial charge is 0.306 e. The Kier molecular flexibility index (Phi) is 40.9. The van der Waals surface area contributed by atoms with Gasteiger partial charge in [-0.25, -0.2) is 0 Å². The molecule has 264 valence electrons. The molecule has 44 heavy (non-hydrogen) atoms. The molecule has 0 amide bonds. The van der Waals surface area contributed by atoms with Crippen LogP contribution in [0.5, 0.6) is 0 Å². The van der Waals surface area contributed by atoms with Gasteiger partial charge >= 0.3 is 11.9 Å². The fourth-order valence-corrected chi connectivity index (χ4v) is 5.81. The molecule has 0 aromatic carbocycles. The van der Waals surface area contributed by atoms with Gasteiger partial charge in [-0.1, -0.05) is 201 Å². The second-order valence-electron chi connectivity index (χ2n) is 13.4. The quantitative estimate of drug-likeness (QED) is 0.0571. The van der Waals surface area contributed by atoms with Crippen LogP contribution in [0.4, 0.5) is 0 Å². The van der Waals surface area contributed by atoms with E-state index in [2.05, 4.69) is 27.7 Å². The van der Waals surface area contributed by atoms with Gasteiger partial charge in [0.05, 0.1) is 12.5 Å². The van der Waals surface area contributed by atoms with E-state index in [4.69, 9.17) is 4.74 Å². The number of hydrogen-bond acceptors (Lipinski definition) is 3. The van der Waals surface area contributed by atoms with Crippen molar-refractivity contribution in [2.24, 2.45) is 5.92 Å². The van der Waals surface area contributed by atoms with Crippen molar-refractivity contribution in [3.05, 3.63) is 0 Å². The average Bonchev–Trinajstić information content (AvgIpc) is 3.01. The Balaban J connectivity index is 0. The molecular weight excluding hydrogens is 544 g/mol. The van der Waals surface area contributed by atoms with Crippen LogP contribution >= 0.6 is 0 Å². The molecule has 0 aliphatic carbocycles. The molecule has 0 saturated heterocycles. The molecule has 0 fully saturated rings. The van der Waals surface area contributed by atoms with Gasteiger partial charge in [0.1, 0.15) is 0 Å². The van der Waals surface area contributed by atoms with Crippen molar-refractivity contribution >= 4 is 11.9 Å². The Morgan fingerprint density at radius 3 is 1.07 bits per heavy atom. The summed E-state index contributed by atoms with van der Waals surface area (Å²) in [7, 11) is 0. The van der Waals surface area contributed by atoms with Crippen molar-refractivity contribution in [3.8, 4) is 0 Å². The molecule has 1 N–H and O–H groups in total. The summed E-state index contributed by atoms with van der Waals surface area (Å²) >= 11 is 0. The minimum Gasteiger partial charge on any atom is -0.481 e. The molecule has 0 bridgehead atoms. The van der Waals surface area contributed by atoms with E-state index < -0.39 is 5.97 Å². The molecule has 0 heterocycles. The SMILES string of the molecule is CCCCCCCCCCC(CCCCCCCC)C(=O)O.CCCCCCCCCCCC(=O)OCCCCCCCC. The first-order valence-corrected chi connectivity index (χ1v) is 19.9. The first-order valence-electron chi connectivity index (χ1n) is 19.9. The summed E-state index contributed by atoms with van der Waals surface area (Å²) in [5, 5.41) is 9.31. The number of hydrogen-bond donors (Lipinski definition) is 1. The summed E-state index contributed by atoms with van der Waals surface area (Å²) in [4.78, 5) is 22.9. The van der Waals surface area contributed by atoms with Crippen molar-refractivity contribution < 1.29 is 19.4 Å². The lowest BCUT2D eigenvalue weighted by Gasteiger charge is -2.12. The van der Waals surface area contributed by atoms with E-state index in [1.807, 2.05) is 0 Å². The molecular formula is C40H80O4. The molecule has 1 unspecified atom stereocenters. The van der Waals surface area contributed by atoms with E-state index in [0.29, 0.717) is 13.0 Å². The zero-order chi connectivity index (χ0) is 32.8. The summed E-state index contributed by atoms with van der Waals surface area (Å²) in [6, 6.07) is 0. The lowest BCUT2D eigenvalue weighted by atomic mass is 9.94. The number of carbonyl (C=O) groups excluding carboxylic acids is 1. The maximum atomic E-state index is 11.6. The molecule has 4 heteroatoms. The summed E-state index contributed by atoms with van der Waals surface area (Å²) in [6.07, 6.45) is 39.3. The van der Waals surface area contributed by atoms with E-state index in [1.165, 1.54) is 161 Å². The Morgan fingerprint density at radius 2 is 0.727 bits per heavy atom. The molecule has 0 aromatic rings. The first-order chi connectivity index (χ1) is 21.5. The summed E-state index contributed by atoms with van der Waals surface area (Å²) < 4.78 is 5.28. The van der Waals surface area contributed by atoms with Crippen molar-refractivity contribution in [3.63, 3.8) is 0 Å². The normalized spacial score (nSPS) is 11.6. The molecule has 1 atom stereocenters. The third-order valence-corrected chi connectivity index (χ3v) is 8.91. The third kappa shape index (κ3) is 39.0. The number of ether oxygens (including phenoxy) is 1. The molecule has 0 radical (unpaired) electrons. The van der Waals surface area contributed by atoms with Crippen LogP contribution < -0.4 is 0 Å². The summed E-state index contributed by atoms with van der Waals surface area (Å²) in [5.41, 5.74) is 0. The minimum absolute atomic E-state index is 0.0107. The largest absolute Gasteiger partial charge is 0.481 e. The van der Waals surface area contributed by atoms with E-state index >= 15 is 0 Å². The number of aliphatic carboxylic acids is 1. The molecule has 0 aliphatic rings. The minimum atomic E-state index is -0.573. The van der Waals surface area contributed by atoms with E-state index in [9.17, 15) is 14.7 Å². The molecule has 0 aliphatic heterocycles. The van der Waals surface area contributed by atoms with Crippen molar-refractivity contribution in [1.82, 2.24) is 0 Å². The highest BCUT2D eigenvalue weighted by atomic mass is 16.5. The summed E-state index contributed by atoms with van der Waals surface area (Å²) in [5.74, 6) is -0.653. The molecule has 0 saturated carbocycles. The van der Waals surface area contributed by atoms with Gasteiger partial charge in [-0.2, -0.15) is 0 Å². The monoisotopic (exact) mass is 625 g/mol. The van der Waals surface area contributed by atoms with Crippen LogP contribution in [0.2, 0.25) is 0 Å². The van der Waals surface area contributed by atoms with Crippen molar-refractivity contribution in [2.75, 3.05) is 6.61 Å². The Morgan fingerprint density at radius 1 is 0.432 bits per heavy atom. The molecule has 0 rings (SSSR count). The highest BCUT2D eigenvalue weighted by Gasteiger charge is 2.16. The molecule has 0 aromatic heterocycles. The lowest BCUT2D eigenvalue weighted by molar-refractivity contribution is -0.144. The number of esters is 1. The van der Waals surface area contributed by atoms with Crippen LogP contribution in [-0.4, -0.2) is 23.7 Å². The Hall–Kier alpha value is -1.06. The van der Waals surface area contributed by atoms with E-state index in [0.717, 1.165) is 38.5 Å². The highest BCUT2D eigenvalue weighted by Crippen LogP contribution is 2.20. The second kappa shape index (κ2) is 40.0. The maximum absolute atomic E-state index is 11.6. The maximum Gasteiger partial charge on any atom is 0.306 e. The van der Waals surface area contributed by atoms with Gasteiger partial charge in [-0.3, -0.25) is 9.59 Å². The predicted octanol–water partition coefficient (Wildman–Crippen LogP) is 13.8. The van der Waals surface area contributed by atoms with Gasteiger partial charge in [-0.15, -0.1) is 0 Å². The van der Waals surface area contributed by atoms with Crippen molar-refractivity contribution in [1.29, 1.82) is 0 Å². The lowest BCUT2D eigenvalue weighted by Crippen LogP contribution is -2.13. The van der Waals surface area contributed by atoms with Crippen molar-refractivity contribution in [2.45, 2.75) is 233 Å². The standard InChI is InChI=1S/2C20H40O2/c1-3-5-7-9-11-12-13-14-16-18-20(21)22-19-17-15-10-8-6-4-2;1-3-5-7-9-11-12-14-16-18-19(20(21)22)17-15-13-10-8-6-4-2/h3-19H2,1-2H3;19H,3-18H2,1-2H3,(H,21,22). The highest BCUT2D eigenvalue weighted by molar-refractivity contribution is 5.69. The zero-order valence-electron chi connectivity index (χ0n) is 30.6. The van der Waals surface area contributed by atoms with Crippen LogP contribution in [0.1, 0.15) is 233 Å². The number of carboxylic acids is 1. The van der Waals surface area contributed by atoms with Gasteiger partial charge in [0.15, 0.2) is 0 Å². The molecule has 4 nitrogen and oxygen atoms in total. The number of rotatable bonds is 34. The molecule has 0 spiro atoms. The number of unbranched alkanes of at least 4 members (excludes halogenated alkanes) is 25. The second-order valence-corrected chi connectivity index (χ2v) is 13.4. The van der Waals surface area contributed by atoms with Gasteiger partial charge in [0, 0.05) is 6.42 Å². The summed E-state index contributed by atoms with van der Waals surface area (Å²) in [6.45, 7) is 9.59. The van der Waals surface area contributed by atoms with Gasteiger partial charge < -0.3 is 9.84 Å². The topological polar surface area (TPSA) is 63.6 Å². The third-order valence-electron chi connectivity index (χ3n) is 8.91. The van der Waals surface area contributed by atoms with Crippen LogP contribution in [0.25, 0.3) is 0 Å². The number of carbonyl (C=O) groups is 2. The van der Waals surface area contributed by atoms with Crippen LogP contribution in [0.15, 0.2) is 0 Å². The first kappa shape index (κ1) is 45.1. The average molecular weight is 625 g/mol.